The van der Waals surface area contributed by atoms with Gasteiger partial charge in [0.2, 0.25) is 0 Å². The van der Waals surface area contributed by atoms with Crippen LogP contribution in [0.15, 0.2) is 12.7 Å². The zero-order valence-corrected chi connectivity index (χ0v) is 27.3. The summed E-state index contributed by atoms with van der Waals surface area (Å²) >= 11 is 0. The van der Waals surface area contributed by atoms with E-state index in [-0.39, 0.29) is 6.10 Å². The predicted molar refractivity (Wildman–Crippen MR) is 171 cm³/mol. The molecule has 0 bridgehead atoms. The summed E-state index contributed by atoms with van der Waals surface area (Å²) in [5, 5.41) is 0. The fraction of sp³-hybridized carbons (Fsp3) is 0.828. The van der Waals surface area contributed by atoms with Crippen LogP contribution in [-0.4, -0.2) is 43.0 Å². The fourth-order valence-electron chi connectivity index (χ4n) is 4.80. The molecule has 0 saturated heterocycles. The maximum absolute atomic E-state index is 11.8. The van der Waals surface area contributed by atoms with Gasteiger partial charge < -0.3 is 15.0 Å². The van der Waals surface area contributed by atoms with Crippen LogP contribution in [0, 0.1) is 0 Å². The molecule has 0 aromatic carbocycles. The number of anilines is 1. The predicted octanol–water partition coefficient (Wildman–Crippen LogP) is 9.35. The second-order valence-electron chi connectivity index (χ2n) is 10.8. The number of hydrogen-bond donors (Lipinski definition) is 1. The summed E-state index contributed by atoms with van der Waals surface area (Å²) in [5.41, 5.74) is 7.00. The molecule has 40 heavy (non-hydrogen) atoms. The lowest BCUT2D eigenvalue weighted by Gasteiger charge is -2.18. The highest BCUT2D eigenvalue weighted by molar-refractivity contribution is 8.76. The van der Waals surface area contributed by atoms with Crippen LogP contribution in [0.3, 0.4) is 0 Å². The van der Waals surface area contributed by atoms with Gasteiger partial charge in [-0.2, -0.15) is 0 Å². The standard InChI is InChI=1S/C29H52N5O3PS2/c1-3-4-5-6-7-8-9-10-11-12-13-14-15-17-20-39-40-21-18-16-19-26(38(35)36)37-25(2)22-34-24-33-27-28(30)31-23-32-29(27)34/h23-26H,3-22H2,1-2H3,(H2,30,31,32). The van der Waals surface area contributed by atoms with E-state index in [2.05, 4.69) is 21.9 Å². The van der Waals surface area contributed by atoms with E-state index in [1.54, 1.807) is 6.33 Å². The Kier molecular flexibility index (Phi) is 19.7. The second kappa shape index (κ2) is 22.5. The summed E-state index contributed by atoms with van der Waals surface area (Å²) in [4.78, 5) is 12.4. The number of nitrogen functional groups attached to an aromatic ring is 1. The minimum Gasteiger partial charge on any atom is -0.382 e. The molecule has 2 aromatic rings. The number of aromatic nitrogens is 4. The van der Waals surface area contributed by atoms with E-state index in [0.29, 0.717) is 29.9 Å². The van der Waals surface area contributed by atoms with Gasteiger partial charge in [0.25, 0.3) is 0 Å². The van der Waals surface area contributed by atoms with E-state index in [1.807, 2.05) is 33.1 Å². The summed E-state index contributed by atoms with van der Waals surface area (Å²) in [7, 11) is 1.21. The Hall–Kier alpha value is -1.09. The topological polar surface area (TPSA) is 113 Å². The molecule has 11 heteroatoms. The van der Waals surface area contributed by atoms with Crippen molar-refractivity contribution in [3.05, 3.63) is 12.7 Å². The number of hydrogen-bond acceptors (Lipinski definition) is 9. The van der Waals surface area contributed by atoms with Gasteiger partial charge in [0.15, 0.2) is 17.3 Å². The van der Waals surface area contributed by atoms with E-state index in [4.69, 9.17) is 10.5 Å². The maximum atomic E-state index is 11.8. The molecule has 0 spiro atoms. The Morgan fingerprint density at radius 3 is 1.95 bits per heavy atom. The van der Waals surface area contributed by atoms with E-state index in [9.17, 15) is 9.13 Å². The van der Waals surface area contributed by atoms with Crippen molar-refractivity contribution < 1.29 is 13.9 Å². The fourth-order valence-corrected chi connectivity index (χ4v) is 7.79. The first-order valence-corrected chi connectivity index (χ1v) is 19.2. The molecule has 2 rings (SSSR count). The van der Waals surface area contributed by atoms with Crippen LogP contribution in [0.2, 0.25) is 0 Å². The van der Waals surface area contributed by atoms with Crippen molar-refractivity contribution in [3.8, 4) is 0 Å². The van der Waals surface area contributed by atoms with Crippen molar-refractivity contribution >= 4 is 46.2 Å². The molecule has 2 aromatic heterocycles. The van der Waals surface area contributed by atoms with Crippen LogP contribution < -0.4 is 5.73 Å². The molecule has 0 fully saturated rings. The van der Waals surface area contributed by atoms with Crippen LogP contribution in [0.25, 0.3) is 11.2 Å². The summed E-state index contributed by atoms with van der Waals surface area (Å²) in [6, 6.07) is 0. The number of fused-ring (bicyclic) bond motifs is 1. The Morgan fingerprint density at radius 2 is 1.38 bits per heavy atom. The smallest absolute Gasteiger partial charge is 0.345 e. The molecule has 8 nitrogen and oxygen atoms in total. The van der Waals surface area contributed by atoms with Gasteiger partial charge in [-0.15, -0.1) is 0 Å². The minimum atomic E-state index is -2.65. The van der Waals surface area contributed by atoms with Crippen LogP contribution in [0.1, 0.15) is 123 Å². The molecular formula is C29H52N5O3PS2. The SMILES string of the molecule is CCCCCCCCCCCCCCCCSSCCCCC(OC(C)Cn1cnc2c(N)ncnc21)P(=O)=O. The molecule has 2 unspecified atom stereocenters. The molecule has 0 radical (unpaired) electrons. The largest absolute Gasteiger partial charge is 0.382 e. The van der Waals surface area contributed by atoms with Crippen LogP contribution >= 0.6 is 29.3 Å². The number of rotatable bonds is 26. The lowest BCUT2D eigenvalue weighted by Crippen LogP contribution is -2.21. The lowest BCUT2D eigenvalue weighted by molar-refractivity contribution is 0.0264. The molecule has 2 N–H and O–H groups in total. The summed E-state index contributed by atoms with van der Waals surface area (Å²) < 4.78 is 31.2. The molecule has 2 heterocycles. The molecule has 0 aliphatic rings. The van der Waals surface area contributed by atoms with E-state index in [1.165, 1.54) is 102 Å². The first kappa shape index (κ1) is 35.1. The average Bonchev–Trinajstić information content (AvgIpc) is 3.35. The molecule has 0 aliphatic carbocycles. The highest BCUT2D eigenvalue weighted by Gasteiger charge is 2.20. The third-order valence-corrected chi connectivity index (χ3v) is 10.5. The number of nitrogens with zero attached hydrogens (tertiary/aromatic N) is 4. The molecule has 228 valence electrons. The Balaban J connectivity index is 1.41. The van der Waals surface area contributed by atoms with Gasteiger partial charge in [-0.1, -0.05) is 112 Å². The quantitative estimate of drug-likeness (QED) is 0.0629. The van der Waals surface area contributed by atoms with Crippen LogP contribution in [-0.2, 0) is 20.4 Å². The molecular weight excluding hydrogens is 561 g/mol. The van der Waals surface area contributed by atoms with Gasteiger partial charge in [-0.3, -0.25) is 0 Å². The van der Waals surface area contributed by atoms with Crippen LogP contribution in [0.5, 0.6) is 0 Å². The van der Waals surface area contributed by atoms with Crippen molar-refractivity contribution in [1.29, 1.82) is 0 Å². The van der Waals surface area contributed by atoms with Gasteiger partial charge in [0.1, 0.15) is 11.8 Å². The van der Waals surface area contributed by atoms with Crippen molar-refractivity contribution in [3.63, 3.8) is 0 Å². The molecule has 0 amide bonds. The first-order valence-electron chi connectivity index (χ1n) is 15.5. The Morgan fingerprint density at radius 1 is 0.825 bits per heavy atom. The number of nitrogens with two attached hydrogens (primary N) is 1. The van der Waals surface area contributed by atoms with Gasteiger partial charge >= 0.3 is 7.68 Å². The summed E-state index contributed by atoms with van der Waals surface area (Å²) in [5.74, 6) is 1.81. The molecule has 2 atom stereocenters. The normalized spacial score (nSPS) is 13.2. The number of unbranched alkanes of at least 4 members (excludes halogenated alkanes) is 14. The van der Waals surface area contributed by atoms with Gasteiger partial charge in [-0.05, 0) is 32.6 Å². The van der Waals surface area contributed by atoms with Gasteiger partial charge in [-0.25, -0.2) is 24.1 Å². The summed E-state index contributed by atoms with van der Waals surface area (Å²) in [6.45, 7) is 4.59. The van der Waals surface area contributed by atoms with Crippen LogP contribution in [0.4, 0.5) is 5.82 Å². The highest BCUT2D eigenvalue weighted by Crippen LogP contribution is 2.28. The van der Waals surface area contributed by atoms with E-state index < -0.39 is 13.5 Å². The number of ether oxygens (including phenoxy) is 1. The zero-order chi connectivity index (χ0) is 28.8. The minimum absolute atomic E-state index is 0.304. The van der Waals surface area contributed by atoms with Gasteiger partial charge in [0.05, 0.1) is 19.0 Å². The average molecular weight is 614 g/mol. The van der Waals surface area contributed by atoms with Gasteiger partial charge in [0, 0.05) is 11.5 Å². The third kappa shape index (κ3) is 15.2. The van der Waals surface area contributed by atoms with Crippen molar-refractivity contribution in [1.82, 2.24) is 19.5 Å². The summed E-state index contributed by atoms with van der Waals surface area (Å²) in [6.07, 6.45) is 24.6. The molecule has 0 saturated carbocycles. The second-order valence-corrected chi connectivity index (χ2v) is 14.6. The Labute approximate surface area is 250 Å². The monoisotopic (exact) mass is 613 g/mol. The lowest BCUT2D eigenvalue weighted by atomic mass is 10.0. The zero-order valence-electron chi connectivity index (χ0n) is 24.8. The number of imidazole rings is 1. The Bertz CT molecular complexity index is 984. The maximum Gasteiger partial charge on any atom is 0.345 e. The first-order chi connectivity index (χ1) is 19.5. The van der Waals surface area contributed by atoms with Crippen molar-refractivity contribution in [2.75, 3.05) is 17.2 Å². The van der Waals surface area contributed by atoms with Crippen molar-refractivity contribution in [2.24, 2.45) is 0 Å². The third-order valence-electron chi connectivity index (χ3n) is 7.10. The van der Waals surface area contributed by atoms with E-state index >= 15 is 0 Å². The van der Waals surface area contributed by atoms with E-state index in [0.717, 1.165) is 18.6 Å². The molecule has 0 aliphatic heterocycles. The highest BCUT2D eigenvalue weighted by atomic mass is 33.1. The van der Waals surface area contributed by atoms with Crippen molar-refractivity contribution in [2.45, 2.75) is 141 Å².